The first kappa shape index (κ1) is 12.9. The standard InChI is InChI=1S/C12H17F2NO/c1-12(13,14)10-5-6-11(16-2)9(8-10)4-3-7-15/h5-6,8H,3-4,7,15H2,1-2H3. The summed E-state index contributed by atoms with van der Waals surface area (Å²) < 4.78 is 31.4. The number of ether oxygens (including phenoxy) is 1. The molecule has 0 amide bonds. The molecule has 0 saturated heterocycles. The molecule has 1 rings (SSSR count). The minimum absolute atomic E-state index is 0.0142. The van der Waals surface area contributed by atoms with Crippen LogP contribution in [-0.2, 0) is 12.3 Å². The molecule has 0 fully saturated rings. The largest absolute Gasteiger partial charge is 0.496 e. The van der Waals surface area contributed by atoms with E-state index < -0.39 is 5.92 Å². The fraction of sp³-hybridized carbons (Fsp3) is 0.500. The molecule has 1 aromatic carbocycles. The SMILES string of the molecule is COc1ccc(C(C)(F)F)cc1CCCN. The van der Waals surface area contributed by atoms with Gasteiger partial charge in [-0.25, -0.2) is 8.78 Å². The van der Waals surface area contributed by atoms with Crippen LogP contribution in [0.4, 0.5) is 8.78 Å². The molecule has 2 nitrogen and oxygen atoms in total. The lowest BCUT2D eigenvalue weighted by molar-refractivity contribution is 0.0173. The number of nitrogens with two attached hydrogens (primary N) is 1. The first-order valence-electron chi connectivity index (χ1n) is 5.24. The third-order valence-electron chi connectivity index (χ3n) is 2.44. The summed E-state index contributed by atoms with van der Waals surface area (Å²) >= 11 is 0. The summed E-state index contributed by atoms with van der Waals surface area (Å²) in [6.07, 6.45) is 1.42. The molecule has 0 aliphatic rings. The third kappa shape index (κ3) is 3.17. The first-order chi connectivity index (χ1) is 7.49. The zero-order valence-electron chi connectivity index (χ0n) is 9.59. The van der Waals surface area contributed by atoms with Gasteiger partial charge in [0.1, 0.15) is 5.75 Å². The van der Waals surface area contributed by atoms with E-state index >= 15 is 0 Å². The Morgan fingerprint density at radius 1 is 1.38 bits per heavy atom. The van der Waals surface area contributed by atoms with Crippen LogP contribution in [0.1, 0.15) is 24.5 Å². The summed E-state index contributed by atoms with van der Waals surface area (Å²) in [5.74, 6) is -2.18. The third-order valence-corrected chi connectivity index (χ3v) is 2.44. The van der Waals surface area contributed by atoms with Gasteiger partial charge in [-0.1, -0.05) is 0 Å². The first-order valence-corrected chi connectivity index (χ1v) is 5.24. The fourth-order valence-electron chi connectivity index (χ4n) is 1.54. The second-order valence-corrected chi connectivity index (χ2v) is 3.81. The highest BCUT2D eigenvalue weighted by atomic mass is 19.3. The van der Waals surface area contributed by atoms with Crippen molar-refractivity contribution in [1.29, 1.82) is 0 Å². The average molecular weight is 229 g/mol. The topological polar surface area (TPSA) is 35.2 Å². The number of benzene rings is 1. The normalized spacial score (nSPS) is 11.6. The van der Waals surface area contributed by atoms with Crippen LogP contribution in [0.15, 0.2) is 18.2 Å². The monoisotopic (exact) mass is 229 g/mol. The summed E-state index contributed by atoms with van der Waals surface area (Å²) in [4.78, 5) is 0. The molecule has 0 aliphatic heterocycles. The number of hydrogen-bond donors (Lipinski definition) is 1. The van der Waals surface area contributed by atoms with Gasteiger partial charge >= 0.3 is 0 Å². The molecule has 1 aromatic rings. The molecule has 90 valence electrons. The predicted octanol–water partition coefficient (Wildman–Crippen LogP) is 2.70. The Morgan fingerprint density at radius 2 is 2.06 bits per heavy atom. The van der Waals surface area contributed by atoms with Crippen LogP contribution in [0.5, 0.6) is 5.75 Å². The maximum Gasteiger partial charge on any atom is 0.270 e. The molecule has 0 aromatic heterocycles. The van der Waals surface area contributed by atoms with Crippen molar-refractivity contribution in [2.24, 2.45) is 5.73 Å². The molecule has 0 bridgehead atoms. The van der Waals surface area contributed by atoms with Crippen LogP contribution in [0.3, 0.4) is 0 Å². The summed E-state index contributed by atoms with van der Waals surface area (Å²) in [6.45, 7) is 1.43. The maximum absolute atomic E-state index is 13.1. The van der Waals surface area contributed by atoms with Gasteiger partial charge in [-0.3, -0.25) is 0 Å². The number of rotatable bonds is 5. The lowest BCUT2D eigenvalue weighted by Gasteiger charge is -2.14. The lowest BCUT2D eigenvalue weighted by atomic mass is 10.0. The van der Waals surface area contributed by atoms with E-state index in [9.17, 15) is 8.78 Å². The Kier molecular flexibility index (Phi) is 4.24. The van der Waals surface area contributed by atoms with E-state index in [4.69, 9.17) is 10.5 Å². The van der Waals surface area contributed by atoms with Crippen molar-refractivity contribution in [3.63, 3.8) is 0 Å². The summed E-state index contributed by atoms with van der Waals surface area (Å²) in [5, 5.41) is 0. The van der Waals surface area contributed by atoms with Crippen molar-refractivity contribution in [3.05, 3.63) is 29.3 Å². The van der Waals surface area contributed by atoms with Gasteiger partial charge in [-0.2, -0.15) is 0 Å². The molecule has 16 heavy (non-hydrogen) atoms. The molecule has 0 unspecified atom stereocenters. The molecule has 0 atom stereocenters. The molecule has 0 aliphatic carbocycles. The zero-order chi connectivity index (χ0) is 12.2. The van der Waals surface area contributed by atoms with Gasteiger partial charge in [-0.05, 0) is 43.1 Å². The van der Waals surface area contributed by atoms with Crippen LogP contribution in [0.25, 0.3) is 0 Å². The van der Waals surface area contributed by atoms with E-state index in [1.54, 1.807) is 6.07 Å². The van der Waals surface area contributed by atoms with Crippen LogP contribution < -0.4 is 10.5 Å². The van der Waals surface area contributed by atoms with Gasteiger partial charge in [0.25, 0.3) is 5.92 Å². The Bertz CT molecular complexity index is 347. The lowest BCUT2D eigenvalue weighted by Crippen LogP contribution is -2.08. The highest BCUT2D eigenvalue weighted by Gasteiger charge is 2.25. The fourth-order valence-corrected chi connectivity index (χ4v) is 1.54. The van der Waals surface area contributed by atoms with Crippen molar-refractivity contribution < 1.29 is 13.5 Å². The minimum Gasteiger partial charge on any atom is -0.496 e. The Balaban J connectivity index is 3.01. The number of halogens is 2. The van der Waals surface area contributed by atoms with Crippen LogP contribution >= 0.6 is 0 Å². The smallest absolute Gasteiger partial charge is 0.270 e. The zero-order valence-corrected chi connectivity index (χ0v) is 9.59. The second-order valence-electron chi connectivity index (χ2n) is 3.81. The van der Waals surface area contributed by atoms with Gasteiger partial charge in [0.2, 0.25) is 0 Å². The molecular weight excluding hydrogens is 212 g/mol. The minimum atomic E-state index is -2.82. The second kappa shape index (κ2) is 5.25. The molecular formula is C12H17F2NO. The highest BCUT2D eigenvalue weighted by molar-refractivity contribution is 5.38. The summed E-state index contributed by atoms with van der Waals surface area (Å²) in [6, 6.07) is 4.47. The predicted molar refractivity (Wildman–Crippen MR) is 59.9 cm³/mol. The van der Waals surface area contributed by atoms with Gasteiger partial charge in [0, 0.05) is 12.5 Å². The molecule has 0 saturated carbocycles. The quantitative estimate of drug-likeness (QED) is 0.842. The number of methoxy groups -OCH3 is 1. The number of hydrogen-bond acceptors (Lipinski definition) is 2. The Labute approximate surface area is 94.4 Å². The van der Waals surface area contributed by atoms with Crippen LogP contribution in [0.2, 0.25) is 0 Å². The molecule has 0 spiro atoms. The van der Waals surface area contributed by atoms with Gasteiger partial charge < -0.3 is 10.5 Å². The molecule has 2 N–H and O–H groups in total. The highest BCUT2D eigenvalue weighted by Crippen LogP contribution is 2.31. The van der Waals surface area contributed by atoms with Crippen molar-refractivity contribution in [3.8, 4) is 5.75 Å². The van der Waals surface area contributed by atoms with E-state index in [0.29, 0.717) is 18.7 Å². The Hall–Kier alpha value is -1.16. The van der Waals surface area contributed by atoms with Crippen LogP contribution in [0, 0.1) is 0 Å². The van der Waals surface area contributed by atoms with E-state index in [2.05, 4.69) is 0 Å². The Morgan fingerprint density at radius 3 is 2.56 bits per heavy atom. The van der Waals surface area contributed by atoms with Crippen molar-refractivity contribution in [2.45, 2.75) is 25.7 Å². The van der Waals surface area contributed by atoms with Crippen molar-refractivity contribution in [2.75, 3.05) is 13.7 Å². The summed E-state index contributed by atoms with van der Waals surface area (Å²) in [5.41, 5.74) is 6.20. The van der Waals surface area contributed by atoms with Crippen LogP contribution in [-0.4, -0.2) is 13.7 Å². The molecule has 0 radical (unpaired) electrons. The molecule has 4 heteroatoms. The molecule has 0 heterocycles. The van der Waals surface area contributed by atoms with E-state index in [1.807, 2.05) is 0 Å². The van der Waals surface area contributed by atoms with Gasteiger partial charge in [0.15, 0.2) is 0 Å². The van der Waals surface area contributed by atoms with Crippen molar-refractivity contribution >= 4 is 0 Å². The number of alkyl halides is 2. The van der Waals surface area contributed by atoms with Gasteiger partial charge in [0.05, 0.1) is 7.11 Å². The van der Waals surface area contributed by atoms with Crippen molar-refractivity contribution in [1.82, 2.24) is 0 Å². The van der Waals surface area contributed by atoms with E-state index in [0.717, 1.165) is 18.9 Å². The average Bonchev–Trinajstić information content (AvgIpc) is 2.24. The summed E-state index contributed by atoms with van der Waals surface area (Å²) in [7, 11) is 1.53. The van der Waals surface area contributed by atoms with Gasteiger partial charge in [-0.15, -0.1) is 0 Å². The maximum atomic E-state index is 13.1. The van der Waals surface area contributed by atoms with E-state index in [1.165, 1.54) is 19.2 Å². The number of aryl methyl sites for hydroxylation is 1. The van der Waals surface area contributed by atoms with E-state index in [-0.39, 0.29) is 5.56 Å².